The molecule has 5 rings (SSSR count). The second kappa shape index (κ2) is 10.8. The topological polar surface area (TPSA) is 97.5 Å². The van der Waals surface area contributed by atoms with Gasteiger partial charge in [-0.3, -0.25) is 29.8 Å². The van der Waals surface area contributed by atoms with Gasteiger partial charge in [-0.05, 0) is 37.0 Å². The van der Waals surface area contributed by atoms with Crippen molar-refractivity contribution in [3.63, 3.8) is 0 Å². The first-order valence-corrected chi connectivity index (χ1v) is 12.7. The number of piperazine rings is 1. The Morgan fingerprint density at radius 1 is 1.03 bits per heavy atom. The smallest absolute Gasteiger partial charge is 0.284 e. The van der Waals surface area contributed by atoms with Gasteiger partial charge < -0.3 is 4.98 Å². The van der Waals surface area contributed by atoms with Gasteiger partial charge in [0.05, 0.1) is 5.52 Å². The number of nitrogens with one attached hydrogen (secondary N) is 2. The lowest BCUT2D eigenvalue weighted by molar-refractivity contribution is 0.0820. The molecule has 2 N–H and O–H groups in total. The van der Waals surface area contributed by atoms with E-state index in [9.17, 15) is 9.59 Å². The van der Waals surface area contributed by atoms with Gasteiger partial charge in [-0.2, -0.15) is 0 Å². The Kier molecular flexibility index (Phi) is 7.35. The van der Waals surface area contributed by atoms with Crippen LogP contribution < -0.4 is 11.0 Å². The van der Waals surface area contributed by atoms with Gasteiger partial charge in [-0.25, -0.2) is 14.4 Å². The summed E-state index contributed by atoms with van der Waals surface area (Å²) in [7, 11) is 0. The highest BCUT2D eigenvalue weighted by Gasteiger charge is 2.20. The second-order valence-electron chi connectivity index (χ2n) is 9.54. The van der Waals surface area contributed by atoms with Crippen molar-refractivity contribution in [1.82, 2.24) is 35.2 Å². The normalized spacial score (nSPS) is 17.6. The van der Waals surface area contributed by atoms with Gasteiger partial charge in [-0.1, -0.05) is 19.1 Å². The molecule has 4 heterocycles. The predicted molar refractivity (Wildman–Crippen MR) is 135 cm³/mol. The molecule has 2 aliphatic rings. The number of pyridine rings is 1. The minimum atomic E-state index is -0.401. The summed E-state index contributed by atoms with van der Waals surface area (Å²) in [6, 6.07) is 7.28. The van der Waals surface area contributed by atoms with Crippen LogP contribution in [-0.2, 0) is 19.5 Å². The molecule has 2 saturated heterocycles. The third-order valence-corrected chi connectivity index (χ3v) is 6.98. The van der Waals surface area contributed by atoms with Crippen LogP contribution in [0.15, 0.2) is 35.3 Å². The molecule has 3 aromatic rings. The number of benzene rings is 1. The van der Waals surface area contributed by atoms with Gasteiger partial charge in [0.1, 0.15) is 16.9 Å². The molecule has 2 aromatic heterocycles. The van der Waals surface area contributed by atoms with Gasteiger partial charge in [0.25, 0.3) is 11.5 Å². The van der Waals surface area contributed by atoms with Crippen molar-refractivity contribution in [3.8, 4) is 0 Å². The largest absolute Gasteiger partial charge is 0.317 e. The maximum Gasteiger partial charge on any atom is 0.284 e. The zero-order valence-corrected chi connectivity index (χ0v) is 20.6. The highest BCUT2D eigenvalue weighted by atomic mass is 19.1. The van der Waals surface area contributed by atoms with Crippen LogP contribution in [0.2, 0.25) is 0 Å². The number of aromatic nitrogens is 3. The number of hydrogen-bond acceptors (Lipinski definition) is 7. The van der Waals surface area contributed by atoms with Crippen molar-refractivity contribution in [1.29, 1.82) is 0 Å². The first-order valence-electron chi connectivity index (χ1n) is 12.7. The highest BCUT2D eigenvalue weighted by Crippen LogP contribution is 2.20. The Bertz CT molecular complexity index is 1280. The van der Waals surface area contributed by atoms with Crippen LogP contribution in [0, 0.1) is 5.82 Å². The number of aromatic amines is 1. The molecule has 190 valence electrons. The van der Waals surface area contributed by atoms with Crippen LogP contribution in [0.25, 0.3) is 11.0 Å². The maximum absolute atomic E-state index is 15.1. The number of rotatable bonds is 7. The average molecular weight is 494 g/mol. The van der Waals surface area contributed by atoms with E-state index in [4.69, 9.17) is 0 Å². The van der Waals surface area contributed by atoms with Gasteiger partial charge in [0.2, 0.25) is 0 Å². The van der Waals surface area contributed by atoms with Crippen molar-refractivity contribution in [2.75, 3.05) is 39.3 Å². The summed E-state index contributed by atoms with van der Waals surface area (Å²) in [6.45, 7) is 8.19. The van der Waals surface area contributed by atoms with E-state index < -0.39 is 5.82 Å². The van der Waals surface area contributed by atoms with Crippen molar-refractivity contribution >= 4 is 16.9 Å². The van der Waals surface area contributed by atoms with E-state index in [0.717, 1.165) is 64.2 Å². The van der Waals surface area contributed by atoms with E-state index in [1.807, 2.05) is 18.0 Å². The average Bonchev–Trinajstić information content (AvgIpc) is 3.40. The fourth-order valence-corrected chi connectivity index (χ4v) is 4.85. The number of carbonyl (C=O) groups is 1. The van der Waals surface area contributed by atoms with E-state index in [1.54, 1.807) is 24.4 Å². The lowest BCUT2D eigenvalue weighted by Gasteiger charge is -2.34. The molecule has 10 heteroatoms. The summed E-state index contributed by atoms with van der Waals surface area (Å²) in [5, 5.41) is 1.94. The molecule has 0 unspecified atom stereocenters. The molecule has 0 bridgehead atoms. The SMILES string of the molecule is CCc1nc2ccc(CN3CCN(Cc4ccc(C(=O)NN5CCCC5)nc4)CC3)c(F)c2[nH]c1=O. The number of hydrogen-bond donors (Lipinski definition) is 2. The Hall–Kier alpha value is -3.21. The molecule has 36 heavy (non-hydrogen) atoms. The number of aryl methyl sites for hydroxylation is 1. The summed E-state index contributed by atoms with van der Waals surface area (Å²) in [5.41, 5.74) is 5.70. The van der Waals surface area contributed by atoms with Crippen LogP contribution in [0.5, 0.6) is 0 Å². The molecular formula is C26H32FN7O2. The summed E-state index contributed by atoms with van der Waals surface area (Å²) in [5.74, 6) is -0.564. The Balaban J connectivity index is 1.14. The third kappa shape index (κ3) is 5.45. The van der Waals surface area contributed by atoms with E-state index in [-0.39, 0.29) is 17.0 Å². The molecule has 9 nitrogen and oxygen atoms in total. The van der Waals surface area contributed by atoms with Gasteiger partial charge in [0.15, 0.2) is 5.82 Å². The fourth-order valence-electron chi connectivity index (χ4n) is 4.85. The van der Waals surface area contributed by atoms with Crippen LogP contribution >= 0.6 is 0 Å². The Morgan fingerprint density at radius 3 is 2.42 bits per heavy atom. The summed E-state index contributed by atoms with van der Waals surface area (Å²) in [4.78, 5) is 40.3. The number of hydrazine groups is 1. The molecule has 1 aromatic carbocycles. The molecule has 2 aliphatic heterocycles. The summed E-state index contributed by atoms with van der Waals surface area (Å²) < 4.78 is 15.1. The third-order valence-electron chi connectivity index (χ3n) is 6.98. The van der Waals surface area contributed by atoms with Gasteiger partial charge in [0, 0.05) is 64.1 Å². The standard InChI is InChI=1S/C26H32FN7O2/c1-2-20-25(35)30-24-21(29-20)8-6-19(23(24)27)17-33-13-11-32(12-14-33)16-18-5-7-22(28-15-18)26(36)31-34-9-3-4-10-34/h5-8,15H,2-4,9-14,16-17H2,1H3,(H,30,35)(H,31,36). The molecular weight excluding hydrogens is 461 g/mol. The minimum Gasteiger partial charge on any atom is -0.317 e. The van der Waals surface area contributed by atoms with Crippen LogP contribution in [0.3, 0.4) is 0 Å². The summed E-state index contributed by atoms with van der Waals surface area (Å²) >= 11 is 0. The van der Waals surface area contributed by atoms with E-state index in [2.05, 4.69) is 30.2 Å². The summed E-state index contributed by atoms with van der Waals surface area (Å²) in [6.07, 6.45) is 4.49. The van der Waals surface area contributed by atoms with E-state index in [1.165, 1.54) is 0 Å². The lowest BCUT2D eigenvalue weighted by Crippen LogP contribution is -2.45. The zero-order valence-electron chi connectivity index (χ0n) is 20.6. The lowest BCUT2D eigenvalue weighted by atomic mass is 10.1. The van der Waals surface area contributed by atoms with Crippen LogP contribution in [-0.4, -0.2) is 74.9 Å². The molecule has 0 saturated carbocycles. The van der Waals surface area contributed by atoms with Crippen molar-refractivity contribution in [3.05, 3.63) is 69.1 Å². The first-order chi connectivity index (χ1) is 17.5. The number of H-pyrrole nitrogens is 1. The minimum absolute atomic E-state index is 0.163. The number of nitrogens with zero attached hydrogens (tertiary/aromatic N) is 5. The maximum atomic E-state index is 15.1. The monoisotopic (exact) mass is 493 g/mol. The van der Waals surface area contributed by atoms with E-state index >= 15 is 4.39 Å². The van der Waals surface area contributed by atoms with Gasteiger partial charge in [-0.15, -0.1) is 0 Å². The predicted octanol–water partition coefficient (Wildman–Crippen LogP) is 2.08. The molecule has 0 spiro atoms. The molecule has 1 amide bonds. The van der Waals surface area contributed by atoms with E-state index in [0.29, 0.717) is 35.4 Å². The molecule has 0 aliphatic carbocycles. The number of amides is 1. The second-order valence-corrected chi connectivity index (χ2v) is 9.54. The highest BCUT2D eigenvalue weighted by molar-refractivity contribution is 5.91. The van der Waals surface area contributed by atoms with Crippen molar-refractivity contribution in [2.24, 2.45) is 0 Å². The van der Waals surface area contributed by atoms with Crippen LogP contribution in [0.4, 0.5) is 4.39 Å². The number of carbonyl (C=O) groups excluding carboxylic acids is 1. The molecule has 2 fully saturated rings. The van der Waals surface area contributed by atoms with Crippen molar-refractivity contribution < 1.29 is 9.18 Å². The Labute approximate surface area is 209 Å². The number of fused-ring (bicyclic) bond motifs is 1. The Morgan fingerprint density at radius 2 is 1.75 bits per heavy atom. The molecule has 0 atom stereocenters. The van der Waals surface area contributed by atoms with Crippen molar-refractivity contribution in [2.45, 2.75) is 39.3 Å². The van der Waals surface area contributed by atoms with Crippen LogP contribution in [0.1, 0.15) is 47.1 Å². The quantitative estimate of drug-likeness (QED) is 0.520. The number of halogens is 1. The van der Waals surface area contributed by atoms with Gasteiger partial charge >= 0.3 is 0 Å². The molecule has 0 radical (unpaired) electrons. The fraction of sp³-hybridized carbons (Fsp3) is 0.462. The first kappa shape index (κ1) is 24.5. The zero-order chi connectivity index (χ0) is 25.1.